The SMILES string of the molecule is Cc1ccc2ncnc(NC3CCN(c4cnn(C)c4)C3=O)c2c1. The van der Waals surface area contributed by atoms with Gasteiger partial charge in [0.15, 0.2) is 0 Å². The van der Waals surface area contributed by atoms with Gasteiger partial charge in [-0.1, -0.05) is 11.6 Å². The van der Waals surface area contributed by atoms with Crippen LogP contribution < -0.4 is 10.2 Å². The number of amides is 1. The minimum atomic E-state index is -0.288. The zero-order valence-corrected chi connectivity index (χ0v) is 13.6. The molecule has 1 aliphatic rings. The van der Waals surface area contributed by atoms with Crippen LogP contribution >= 0.6 is 0 Å². The van der Waals surface area contributed by atoms with Crippen molar-refractivity contribution in [2.45, 2.75) is 19.4 Å². The van der Waals surface area contributed by atoms with Gasteiger partial charge in [-0.15, -0.1) is 0 Å². The molecular formula is C17H18N6O. The highest BCUT2D eigenvalue weighted by molar-refractivity contribution is 6.02. The zero-order valence-electron chi connectivity index (χ0n) is 13.6. The molecule has 0 bridgehead atoms. The summed E-state index contributed by atoms with van der Waals surface area (Å²) >= 11 is 0. The Hall–Kier alpha value is -2.96. The lowest BCUT2D eigenvalue weighted by molar-refractivity contribution is -0.117. The van der Waals surface area contributed by atoms with E-state index in [-0.39, 0.29) is 11.9 Å². The summed E-state index contributed by atoms with van der Waals surface area (Å²) in [5, 5.41) is 8.37. The number of hydrogen-bond acceptors (Lipinski definition) is 5. The van der Waals surface area contributed by atoms with Crippen molar-refractivity contribution in [3.63, 3.8) is 0 Å². The Morgan fingerprint density at radius 2 is 2.17 bits per heavy atom. The van der Waals surface area contributed by atoms with Crippen molar-refractivity contribution < 1.29 is 4.79 Å². The summed E-state index contributed by atoms with van der Waals surface area (Å²) < 4.78 is 1.70. The van der Waals surface area contributed by atoms with Crippen LogP contribution in [0.2, 0.25) is 0 Å². The molecule has 1 fully saturated rings. The van der Waals surface area contributed by atoms with Crippen LogP contribution in [0.4, 0.5) is 11.5 Å². The average Bonchev–Trinajstić information content (AvgIpc) is 3.14. The fraction of sp³-hybridized carbons (Fsp3) is 0.294. The van der Waals surface area contributed by atoms with Crippen LogP contribution in [0.1, 0.15) is 12.0 Å². The molecule has 4 rings (SSSR count). The predicted octanol–water partition coefficient (Wildman–Crippen LogP) is 1.89. The number of carbonyl (C=O) groups is 1. The highest BCUT2D eigenvalue weighted by Gasteiger charge is 2.33. The molecular weight excluding hydrogens is 304 g/mol. The first-order valence-corrected chi connectivity index (χ1v) is 7.90. The van der Waals surface area contributed by atoms with E-state index in [4.69, 9.17) is 0 Å². The Morgan fingerprint density at radius 1 is 1.29 bits per heavy atom. The Labute approximate surface area is 139 Å². The number of anilines is 2. The van der Waals surface area contributed by atoms with Gasteiger partial charge in [0, 0.05) is 25.2 Å². The van der Waals surface area contributed by atoms with Gasteiger partial charge in [0.2, 0.25) is 5.91 Å². The van der Waals surface area contributed by atoms with Crippen LogP contribution in [0.5, 0.6) is 0 Å². The van der Waals surface area contributed by atoms with Gasteiger partial charge in [0.05, 0.1) is 17.4 Å². The number of benzene rings is 1. The number of hydrogen-bond donors (Lipinski definition) is 1. The minimum absolute atomic E-state index is 0.0439. The summed E-state index contributed by atoms with van der Waals surface area (Å²) in [7, 11) is 1.84. The Bertz CT molecular complexity index is 918. The molecule has 0 saturated carbocycles. The molecule has 3 aromatic rings. The third-order valence-corrected chi connectivity index (χ3v) is 4.31. The molecule has 7 heteroatoms. The van der Waals surface area contributed by atoms with E-state index in [9.17, 15) is 4.79 Å². The Kier molecular flexibility index (Phi) is 3.41. The van der Waals surface area contributed by atoms with Gasteiger partial charge in [-0.2, -0.15) is 5.10 Å². The van der Waals surface area contributed by atoms with Crippen molar-refractivity contribution in [1.29, 1.82) is 0 Å². The normalized spacial score (nSPS) is 17.7. The first kappa shape index (κ1) is 14.6. The second-order valence-electron chi connectivity index (χ2n) is 6.09. The van der Waals surface area contributed by atoms with E-state index in [1.807, 2.05) is 38.4 Å². The molecule has 1 aromatic carbocycles. The lowest BCUT2D eigenvalue weighted by Crippen LogP contribution is -2.33. The van der Waals surface area contributed by atoms with Gasteiger partial charge >= 0.3 is 0 Å². The van der Waals surface area contributed by atoms with E-state index in [1.165, 1.54) is 6.33 Å². The molecule has 7 nitrogen and oxygen atoms in total. The molecule has 2 aromatic heterocycles. The van der Waals surface area contributed by atoms with Crippen LogP contribution in [0.25, 0.3) is 10.9 Å². The molecule has 1 N–H and O–H groups in total. The molecule has 24 heavy (non-hydrogen) atoms. The summed E-state index contributed by atoms with van der Waals surface area (Å²) in [6.45, 7) is 2.70. The largest absolute Gasteiger partial charge is 0.358 e. The second kappa shape index (κ2) is 5.59. The third kappa shape index (κ3) is 2.47. The predicted molar refractivity (Wildman–Crippen MR) is 91.9 cm³/mol. The van der Waals surface area contributed by atoms with Crippen LogP contribution in [0.3, 0.4) is 0 Å². The number of rotatable bonds is 3. The van der Waals surface area contributed by atoms with E-state index >= 15 is 0 Å². The van der Waals surface area contributed by atoms with Gasteiger partial charge in [0.25, 0.3) is 0 Å². The molecule has 1 amide bonds. The lowest BCUT2D eigenvalue weighted by Gasteiger charge is -2.16. The van der Waals surface area contributed by atoms with Crippen LogP contribution in [-0.2, 0) is 11.8 Å². The van der Waals surface area contributed by atoms with Crippen molar-refractivity contribution in [2.24, 2.45) is 7.05 Å². The van der Waals surface area contributed by atoms with E-state index in [1.54, 1.807) is 15.8 Å². The van der Waals surface area contributed by atoms with Gasteiger partial charge in [-0.25, -0.2) is 9.97 Å². The van der Waals surface area contributed by atoms with E-state index in [0.717, 1.165) is 28.6 Å². The number of nitrogens with zero attached hydrogens (tertiary/aromatic N) is 5. The molecule has 0 aliphatic carbocycles. The van der Waals surface area contributed by atoms with Crippen molar-refractivity contribution in [3.8, 4) is 0 Å². The second-order valence-corrected chi connectivity index (χ2v) is 6.09. The maximum atomic E-state index is 12.7. The number of fused-ring (bicyclic) bond motifs is 1. The standard InChI is InChI=1S/C17H18N6O/c1-11-3-4-14-13(7-11)16(19-10-18-14)21-15-5-6-23(17(15)24)12-8-20-22(2)9-12/h3-4,7-10,15H,5-6H2,1-2H3,(H,18,19,21). The highest BCUT2D eigenvalue weighted by Crippen LogP contribution is 2.26. The molecule has 3 heterocycles. The van der Waals surface area contributed by atoms with E-state index < -0.39 is 0 Å². The zero-order chi connectivity index (χ0) is 16.7. The minimum Gasteiger partial charge on any atom is -0.358 e. The first-order valence-electron chi connectivity index (χ1n) is 7.90. The molecule has 122 valence electrons. The molecule has 0 radical (unpaired) electrons. The lowest BCUT2D eigenvalue weighted by atomic mass is 10.1. The topological polar surface area (TPSA) is 75.9 Å². The molecule has 0 spiro atoms. The quantitative estimate of drug-likeness (QED) is 0.797. The third-order valence-electron chi connectivity index (χ3n) is 4.31. The molecule has 1 atom stereocenters. The van der Waals surface area contributed by atoms with Crippen molar-refractivity contribution >= 4 is 28.3 Å². The van der Waals surface area contributed by atoms with Crippen LogP contribution in [-0.4, -0.2) is 38.2 Å². The average molecular weight is 322 g/mol. The van der Waals surface area contributed by atoms with Crippen molar-refractivity contribution in [3.05, 3.63) is 42.5 Å². The van der Waals surface area contributed by atoms with Gasteiger partial charge in [-0.3, -0.25) is 9.48 Å². The smallest absolute Gasteiger partial charge is 0.249 e. The fourth-order valence-electron chi connectivity index (χ4n) is 3.07. The molecule has 1 aliphatic heterocycles. The van der Waals surface area contributed by atoms with Gasteiger partial charge in [-0.05, 0) is 25.5 Å². The highest BCUT2D eigenvalue weighted by atomic mass is 16.2. The fourth-order valence-corrected chi connectivity index (χ4v) is 3.07. The monoisotopic (exact) mass is 322 g/mol. The van der Waals surface area contributed by atoms with Crippen LogP contribution in [0.15, 0.2) is 36.9 Å². The van der Waals surface area contributed by atoms with Gasteiger partial charge in [0.1, 0.15) is 18.2 Å². The summed E-state index contributed by atoms with van der Waals surface area (Å²) in [5.41, 5.74) is 2.83. The Balaban J connectivity index is 1.60. The summed E-state index contributed by atoms with van der Waals surface area (Å²) in [4.78, 5) is 23.1. The number of carbonyl (C=O) groups excluding carboxylic acids is 1. The Morgan fingerprint density at radius 3 is 2.96 bits per heavy atom. The summed E-state index contributed by atoms with van der Waals surface area (Å²) in [5.74, 6) is 0.748. The summed E-state index contributed by atoms with van der Waals surface area (Å²) in [6, 6.07) is 5.74. The molecule has 1 unspecified atom stereocenters. The van der Waals surface area contributed by atoms with Crippen LogP contribution in [0, 0.1) is 6.92 Å². The first-order chi connectivity index (χ1) is 11.6. The van der Waals surface area contributed by atoms with E-state index in [2.05, 4.69) is 20.4 Å². The number of aromatic nitrogens is 4. The van der Waals surface area contributed by atoms with Crippen molar-refractivity contribution in [2.75, 3.05) is 16.8 Å². The number of nitrogens with one attached hydrogen (secondary N) is 1. The van der Waals surface area contributed by atoms with E-state index in [0.29, 0.717) is 12.4 Å². The maximum absolute atomic E-state index is 12.7. The van der Waals surface area contributed by atoms with Crippen molar-refractivity contribution in [1.82, 2.24) is 19.7 Å². The maximum Gasteiger partial charge on any atom is 0.249 e. The number of aryl methyl sites for hydroxylation is 2. The molecule has 1 saturated heterocycles. The van der Waals surface area contributed by atoms with Gasteiger partial charge < -0.3 is 10.2 Å². The summed E-state index contributed by atoms with van der Waals surface area (Å²) in [6.07, 6.45) is 5.82.